The van der Waals surface area contributed by atoms with E-state index in [-0.39, 0.29) is 0 Å². The van der Waals surface area contributed by atoms with Crippen molar-refractivity contribution in [3.05, 3.63) is 78.4 Å². The van der Waals surface area contributed by atoms with E-state index in [0.29, 0.717) is 0 Å². The van der Waals surface area contributed by atoms with Crippen LogP contribution in [0.25, 0.3) is 0 Å². The second-order valence-electron chi connectivity index (χ2n) is 4.72. The van der Waals surface area contributed by atoms with E-state index in [2.05, 4.69) is 58.5 Å². The van der Waals surface area contributed by atoms with Crippen molar-refractivity contribution in [1.82, 2.24) is 14.9 Å². The molecule has 3 aromatic rings. The van der Waals surface area contributed by atoms with Crippen LogP contribution in [0, 0.1) is 6.92 Å². The molecule has 3 rings (SSSR count). The lowest BCUT2D eigenvalue weighted by Gasteiger charge is -2.25. The molecule has 0 N–H and O–H groups in total. The standard InChI is InChI=1S/C16H16N4/c1-14-6-5-7-15(10-14)11-20(19-12-17-18-13-19)16-8-3-2-4-9-16/h2-10,12-13H,11H2,1H3. The molecule has 0 unspecified atom stereocenters. The minimum Gasteiger partial charge on any atom is -0.275 e. The fourth-order valence-corrected chi connectivity index (χ4v) is 2.21. The highest BCUT2D eigenvalue weighted by Crippen LogP contribution is 2.18. The number of hydrogen-bond donors (Lipinski definition) is 0. The zero-order chi connectivity index (χ0) is 13.8. The fraction of sp³-hybridized carbons (Fsp3) is 0.125. The molecule has 0 aliphatic carbocycles. The summed E-state index contributed by atoms with van der Waals surface area (Å²) in [6, 6.07) is 18.8. The van der Waals surface area contributed by atoms with Gasteiger partial charge in [-0.2, -0.15) is 0 Å². The third kappa shape index (κ3) is 2.69. The number of anilines is 1. The van der Waals surface area contributed by atoms with Gasteiger partial charge in [0.15, 0.2) is 0 Å². The molecule has 4 nitrogen and oxygen atoms in total. The predicted octanol–water partition coefficient (Wildman–Crippen LogP) is 3.06. The summed E-state index contributed by atoms with van der Waals surface area (Å²) < 4.78 is 1.90. The van der Waals surface area contributed by atoms with Crippen LogP contribution in [0.15, 0.2) is 67.3 Å². The van der Waals surface area contributed by atoms with Crippen molar-refractivity contribution in [2.75, 3.05) is 5.01 Å². The summed E-state index contributed by atoms with van der Waals surface area (Å²) in [4.78, 5) is 0. The fourth-order valence-electron chi connectivity index (χ4n) is 2.21. The Morgan fingerprint density at radius 2 is 1.70 bits per heavy atom. The van der Waals surface area contributed by atoms with Crippen molar-refractivity contribution in [2.24, 2.45) is 0 Å². The summed E-state index contributed by atoms with van der Waals surface area (Å²) >= 11 is 0. The lowest BCUT2D eigenvalue weighted by Crippen LogP contribution is -2.27. The van der Waals surface area contributed by atoms with Gasteiger partial charge < -0.3 is 0 Å². The molecule has 100 valence electrons. The second-order valence-corrected chi connectivity index (χ2v) is 4.72. The number of aryl methyl sites for hydroxylation is 1. The van der Waals surface area contributed by atoms with Crippen LogP contribution in [-0.2, 0) is 6.54 Å². The van der Waals surface area contributed by atoms with Gasteiger partial charge in [-0.25, -0.2) is 4.68 Å². The van der Waals surface area contributed by atoms with Gasteiger partial charge in [-0.3, -0.25) is 5.01 Å². The normalized spacial score (nSPS) is 10.4. The van der Waals surface area contributed by atoms with Crippen molar-refractivity contribution in [2.45, 2.75) is 13.5 Å². The molecule has 0 saturated heterocycles. The summed E-state index contributed by atoms with van der Waals surface area (Å²) in [5, 5.41) is 9.93. The van der Waals surface area contributed by atoms with Crippen molar-refractivity contribution < 1.29 is 0 Å². The molecule has 0 spiro atoms. The number of benzene rings is 2. The van der Waals surface area contributed by atoms with E-state index >= 15 is 0 Å². The number of hydrogen-bond acceptors (Lipinski definition) is 3. The smallest absolute Gasteiger partial charge is 0.139 e. The molecule has 0 amide bonds. The summed E-state index contributed by atoms with van der Waals surface area (Å²) in [7, 11) is 0. The highest BCUT2D eigenvalue weighted by molar-refractivity contribution is 5.46. The van der Waals surface area contributed by atoms with E-state index in [4.69, 9.17) is 0 Å². The minimum atomic E-state index is 0.768. The van der Waals surface area contributed by atoms with Crippen LogP contribution in [-0.4, -0.2) is 14.9 Å². The first-order valence-electron chi connectivity index (χ1n) is 6.56. The zero-order valence-corrected chi connectivity index (χ0v) is 11.3. The first-order valence-corrected chi connectivity index (χ1v) is 6.56. The van der Waals surface area contributed by atoms with Crippen molar-refractivity contribution in [3.63, 3.8) is 0 Å². The van der Waals surface area contributed by atoms with E-state index in [1.54, 1.807) is 12.7 Å². The van der Waals surface area contributed by atoms with Crippen LogP contribution in [0.1, 0.15) is 11.1 Å². The quantitative estimate of drug-likeness (QED) is 0.726. The van der Waals surface area contributed by atoms with Gasteiger partial charge in [-0.05, 0) is 24.6 Å². The average Bonchev–Trinajstić information content (AvgIpc) is 3.00. The van der Waals surface area contributed by atoms with Gasteiger partial charge in [0.2, 0.25) is 0 Å². The Hall–Kier alpha value is -2.62. The van der Waals surface area contributed by atoms with Gasteiger partial charge in [-0.1, -0.05) is 48.0 Å². The summed E-state index contributed by atoms with van der Waals surface area (Å²) in [6.45, 7) is 2.87. The first kappa shape index (κ1) is 12.4. The highest BCUT2D eigenvalue weighted by atomic mass is 15.6. The first-order chi connectivity index (χ1) is 9.83. The van der Waals surface area contributed by atoms with Crippen LogP contribution in [0.4, 0.5) is 5.69 Å². The number of nitrogens with zero attached hydrogens (tertiary/aromatic N) is 4. The van der Waals surface area contributed by atoms with Crippen LogP contribution < -0.4 is 5.01 Å². The average molecular weight is 264 g/mol. The molecular formula is C16H16N4. The van der Waals surface area contributed by atoms with Crippen molar-refractivity contribution >= 4 is 5.69 Å². The summed E-state index contributed by atoms with van der Waals surface area (Å²) in [6.07, 6.45) is 3.42. The maximum atomic E-state index is 3.90. The molecular weight excluding hydrogens is 248 g/mol. The molecule has 20 heavy (non-hydrogen) atoms. The van der Waals surface area contributed by atoms with E-state index in [1.165, 1.54) is 11.1 Å². The number of aromatic nitrogens is 3. The third-order valence-corrected chi connectivity index (χ3v) is 3.15. The van der Waals surface area contributed by atoms with E-state index < -0.39 is 0 Å². The van der Waals surface area contributed by atoms with Crippen molar-refractivity contribution in [1.29, 1.82) is 0 Å². The lowest BCUT2D eigenvalue weighted by molar-refractivity contribution is 0.685. The number of para-hydroxylation sites is 1. The lowest BCUT2D eigenvalue weighted by atomic mass is 10.1. The van der Waals surface area contributed by atoms with Crippen LogP contribution in [0.2, 0.25) is 0 Å². The summed E-state index contributed by atoms with van der Waals surface area (Å²) in [5.74, 6) is 0. The summed E-state index contributed by atoms with van der Waals surface area (Å²) in [5.41, 5.74) is 3.62. The van der Waals surface area contributed by atoms with E-state index in [9.17, 15) is 0 Å². The van der Waals surface area contributed by atoms with Gasteiger partial charge in [-0.15, -0.1) is 10.2 Å². The number of rotatable bonds is 4. The van der Waals surface area contributed by atoms with Crippen LogP contribution in [0.5, 0.6) is 0 Å². The largest absolute Gasteiger partial charge is 0.275 e. The SMILES string of the molecule is Cc1cccc(CN(c2ccccc2)n2cnnc2)c1. The molecule has 0 bridgehead atoms. The maximum absolute atomic E-state index is 3.90. The van der Waals surface area contributed by atoms with E-state index in [1.807, 2.05) is 22.9 Å². The monoisotopic (exact) mass is 264 g/mol. The zero-order valence-electron chi connectivity index (χ0n) is 11.3. The van der Waals surface area contributed by atoms with Gasteiger partial charge in [0.05, 0.1) is 12.2 Å². The second kappa shape index (κ2) is 5.57. The van der Waals surface area contributed by atoms with Crippen molar-refractivity contribution in [3.8, 4) is 0 Å². The van der Waals surface area contributed by atoms with Gasteiger partial charge in [0, 0.05) is 0 Å². The Kier molecular flexibility index (Phi) is 3.46. The molecule has 0 aliphatic heterocycles. The molecule has 1 aromatic heterocycles. The molecule has 0 aliphatic rings. The highest BCUT2D eigenvalue weighted by Gasteiger charge is 2.09. The van der Waals surface area contributed by atoms with Gasteiger partial charge in [0.1, 0.15) is 12.7 Å². The Morgan fingerprint density at radius 3 is 2.40 bits per heavy atom. The molecule has 0 fully saturated rings. The maximum Gasteiger partial charge on any atom is 0.139 e. The van der Waals surface area contributed by atoms with Crippen LogP contribution in [0.3, 0.4) is 0 Å². The van der Waals surface area contributed by atoms with Gasteiger partial charge in [0.25, 0.3) is 0 Å². The topological polar surface area (TPSA) is 34.0 Å². The Balaban J connectivity index is 1.95. The minimum absolute atomic E-state index is 0.768. The Bertz CT molecular complexity index is 662. The van der Waals surface area contributed by atoms with E-state index in [0.717, 1.165) is 12.2 Å². The Labute approximate surface area is 118 Å². The molecule has 0 atom stereocenters. The van der Waals surface area contributed by atoms with Crippen LogP contribution >= 0.6 is 0 Å². The molecule has 2 aromatic carbocycles. The molecule has 1 heterocycles. The molecule has 0 radical (unpaired) electrons. The van der Waals surface area contributed by atoms with Gasteiger partial charge >= 0.3 is 0 Å². The Morgan fingerprint density at radius 1 is 0.950 bits per heavy atom. The molecule has 0 saturated carbocycles. The predicted molar refractivity (Wildman–Crippen MR) is 79.2 cm³/mol. The molecule has 4 heteroatoms. The third-order valence-electron chi connectivity index (χ3n) is 3.15.